The summed E-state index contributed by atoms with van der Waals surface area (Å²) in [5.41, 5.74) is 8.93. The summed E-state index contributed by atoms with van der Waals surface area (Å²) in [6, 6.07) is 7.39. The zero-order chi connectivity index (χ0) is 10.7. The van der Waals surface area contributed by atoms with Crippen LogP contribution < -0.4 is 5.73 Å². The highest BCUT2D eigenvalue weighted by molar-refractivity contribution is 5.64. The molecule has 0 amide bonds. The Balaban J connectivity index is 2.36. The fourth-order valence-electron chi connectivity index (χ4n) is 1.43. The molecule has 0 unspecified atom stereocenters. The van der Waals surface area contributed by atoms with Crippen molar-refractivity contribution in [2.45, 2.75) is 6.42 Å². The lowest BCUT2D eigenvalue weighted by molar-refractivity contribution is 0.299. The van der Waals surface area contributed by atoms with E-state index in [2.05, 4.69) is 5.16 Å². The minimum absolute atomic E-state index is 0.0865. The van der Waals surface area contributed by atoms with Crippen LogP contribution in [0.25, 0.3) is 11.3 Å². The molecule has 0 saturated carbocycles. The second-order valence-electron chi connectivity index (χ2n) is 3.28. The molecule has 3 N–H and O–H groups in total. The first-order chi connectivity index (χ1) is 7.31. The fourth-order valence-corrected chi connectivity index (χ4v) is 1.43. The summed E-state index contributed by atoms with van der Waals surface area (Å²) in [6.45, 7) is 0.0865. The molecule has 2 rings (SSSR count). The number of nitrogen functional groups attached to an aromatic ring is 1. The molecule has 0 radical (unpaired) electrons. The Hall–Kier alpha value is -1.81. The summed E-state index contributed by atoms with van der Waals surface area (Å²) in [7, 11) is 0. The van der Waals surface area contributed by atoms with Crippen LogP contribution in [0.15, 0.2) is 35.1 Å². The third-order valence-corrected chi connectivity index (χ3v) is 2.21. The molecule has 0 aliphatic heterocycles. The summed E-state index contributed by atoms with van der Waals surface area (Å²) in [4.78, 5) is 0. The van der Waals surface area contributed by atoms with E-state index in [0.29, 0.717) is 12.1 Å². The molecule has 78 valence electrons. The molecule has 4 nitrogen and oxygen atoms in total. The first-order valence-corrected chi connectivity index (χ1v) is 4.71. The van der Waals surface area contributed by atoms with Gasteiger partial charge in [-0.15, -0.1) is 0 Å². The quantitative estimate of drug-likeness (QED) is 0.742. The molecule has 1 heterocycles. The van der Waals surface area contributed by atoms with Crippen LogP contribution in [0, 0.1) is 0 Å². The van der Waals surface area contributed by atoms with Crippen molar-refractivity contribution in [1.29, 1.82) is 0 Å². The summed E-state index contributed by atoms with van der Waals surface area (Å²) in [5, 5.41) is 12.8. The predicted octanol–water partition coefficient (Wildman–Crippen LogP) is 1.46. The zero-order valence-corrected chi connectivity index (χ0v) is 8.18. The monoisotopic (exact) mass is 204 g/mol. The van der Waals surface area contributed by atoms with E-state index < -0.39 is 0 Å². The molecule has 15 heavy (non-hydrogen) atoms. The van der Waals surface area contributed by atoms with Crippen LogP contribution in [0.5, 0.6) is 0 Å². The maximum absolute atomic E-state index is 8.86. The van der Waals surface area contributed by atoms with Gasteiger partial charge in [0.15, 0.2) is 0 Å². The van der Waals surface area contributed by atoms with Crippen molar-refractivity contribution in [1.82, 2.24) is 5.16 Å². The van der Waals surface area contributed by atoms with Gasteiger partial charge in [0, 0.05) is 29.8 Å². The van der Waals surface area contributed by atoms with Gasteiger partial charge in [0.05, 0.1) is 0 Å². The van der Waals surface area contributed by atoms with Gasteiger partial charge in [-0.1, -0.05) is 17.3 Å². The Morgan fingerprint density at radius 2 is 2.00 bits per heavy atom. The molecule has 1 aromatic carbocycles. The molecule has 1 aromatic heterocycles. The van der Waals surface area contributed by atoms with E-state index in [1.54, 1.807) is 6.26 Å². The maximum Gasteiger partial charge on any atom is 0.127 e. The van der Waals surface area contributed by atoms with Crippen molar-refractivity contribution in [3.05, 3.63) is 36.1 Å². The van der Waals surface area contributed by atoms with Crippen molar-refractivity contribution < 1.29 is 9.63 Å². The van der Waals surface area contributed by atoms with Gasteiger partial charge in [-0.25, -0.2) is 0 Å². The lowest BCUT2D eigenvalue weighted by Gasteiger charge is -1.99. The van der Waals surface area contributed by atoms with Crippen molar-refractivity contribution in [2.24, 2.45) is 0 Å². The minimum Gasteiger partial charge on any atom is -0.399 e. The third-order valence-electron chi connectivity index (χ3n) is 2.21. The Morgan fingerprint density at radius 1 is 1.27 bits per heavy atom. The van der Waals surface area contributed by atoms with Crippen LogP contribution in [-0.2, 0) is 6.42 Å². The molecular formula is C11H12N2O2. The number of benzene rings is 1. The number of nitrogens with zero attached hydrogens (tertiary/aromatic N) is 1. The fraction of sp³-hybridized carbons (Fsp3) is 0.182. The van der Waals surface area contributed by atoms with Crippen LogP contribution in [0.2, 0.25) is 0 Å². The van der Waals surface area contributed by atoms with Crippen molar-refractivity contribution in [3.8, 4) is 11.3 Å². The highest BCUT2D eigenvalue weighted by atomic mass is 16.5. The molecule has 4 heteroatoms. The molecule has 0 bridgehead atoms. The van der Waals surface area contributed by atoms with Gasteiger partial charge in [0.2, 0.25) is 0 Å². The van der Waals surface area contributed by atoms with Gasteiger partial charge in [-0.2, -0.15) is 0 Å². The van der Waals surface area contributed by atoms with Gasteiger partial charge in [0.25, 0.3) is 0 Å². The van der Waals surface area contributed by atoms with E-state index in [9.17, 15) is 0 Å². The van der Waals surface area contributed by atoms with E-state index in [4.69, 9.17) is 15.4 Å². The van der Waals surface area contributed by atoms with E-state index >= 15 is 0 Å². The lowest BCUT2D eigenvalue weighted by Crippen LogP contribution is -1.92. The number of rotatable bonds is 3. The molecular weight excluding hydrogens is 192 g/mol. The summed E-state index contributed by atoms with van der Waals surface area (Å²) >= 11 is 0. The first kappa shape index (κ1) is 9.73. The average Bonchev–Trinajstić information content (AvgIpc) is 2.68. The highest BCUT2D eigenvalue weighted by Gasteiger charge is 2.08. The molecule has 0 atom stereocenters. The van der Waals surface area contributed by atoms with Gasteiger partial charge < -0.3 is 15.4 Å². The number of hydrogen-bond donors (Lipinski definition) is 2. The van der Waals surface area contributed by atoms with Crippen LogP contribution >= 0.6 is 0 Å². The Kier molecular flexibility index (Phi) is 2.69. The van der Waals surface area contributed by atoms with E-state index in [1.807, 2.05) is 24.3 Å². The van der Waals surface area contributed by atoms with Gasteiger partial charge in [-0.05, 0) is 12.1 Å². The molecule has 2 aromatic rings. The Bertz CT molecular complexity index is 434. The zero-order valence-electron chi connectivity index (χ0n) is 8.18. The third kappa shape index (κ3) is 1.99. The standard InChI is InChI=1S/C11H12N2O2/c12-10-3-1-8(2-4-10)11-9(5-6-14)7-15-13-11/h1-4,7,14H,5-6,12H2. The lowest BCUT2D eigenvalue weighted by atomic mass is 10.1. The average molecular weight is 204 g/mol. The Labute approximate surface area is 87.3 Å². The van der Waals surface area contributed by atoms with Crippen LogP contribution in [-0.4, -0.2) is 16.9 Å². The smallest absolute Gasteiger partial charge is 0.127 e. The van der Waals surface area contributed by atoms with Crippen LogP contribution in [0.1, 0.15) is 5.56 Å². The second kappa shape index (κ2) is 4.14. The molecule has 0 aliphatic rings. The number of aliphatic hydroxyl groups is 1. The normalized spacial score (nSPS) is 10.5. The van der Waals surface area contributed by atoms with Crippen LogP contribution in [0.4, 0.5) is 5.69 Å². The largest absolute Gasteiger partial charge is 0.399 e. The van der Waals surface area contributed by atoms with E-state index in [-0.39, 0.29) is 6.61 Å². The van der Waals surface area contributed by atoms with Crippen molar-refractivity contribution in [3.63, 3.8) is 0 Å². The highest BCUT2D eigenvalue weighted by Crippen LogP contribution is 2.23. The predicted molar refractivity (Wildman–Crippen MR) is 57.1 cm³/mol. The molecule has 0 saturated heterocycles. The van der Waals surface area contributed by atoms with Gasteiger partial charge in [-0.3, -0.25) is 0 Å². The number of aliphatic hydroxyl groups excluding tert-OH is 1. The van der Waals surface area contributed by atoms with Crippen LogP contribution in [0.3, 0.4) is 0 Å². The van der Waals surface area contributed by atoms with Gasteiger partial charge in [0.1, 0.15) is 12.0 Å². The number of hydrogen-bond acceptors (Lipinski definition) is 4. The molecule has 0 spiro atoms. The summed E-state index contributed by atoms with van der Waals surface area (Å²) in [6.07, 6.45) is 2.10. The van der Waals surface area contributed by atoms with Crippen molar-refractivity contribution in [2.75, 3.05) is 12.3 Å². The SMILES string of the molecule is Nc1ccc(-c2nocc2CCO)cc1. The van der Waals surface area contributed by atoms with Crippen molar-refractivity contribution >= 4 is 5.69 Å². The number of aromatic nitrogens is 1. The first-order valence-electron chi connectivity index (χ1n) is 4.71. The van der Waals surface area contributed by atoms with E-state index in [1.165, 1.54) is 0 Å². The second-order valence-corrected chi connectivity index (χ2v) is 3.28. The molecule has 0 aliphatic carbocycles. The number of nitrogens with two attached hydrogens (primary N) is 1. The van der Waals surface area contributed by atoms with Gasteiger partial charge >= 0.3 is 0 Å². The minimum atomic E-state index is 0.0865. The van der Waals surface area contributed by atoms with E-state index in [0.717, 1.165) is 16.8 Å². The Morgan fingerprint density at radius 3 is 2.67 bits per heavy atom. The molecule has 0 fully saturated rings. The maximum atomic E-state index is 8.86. The topological polar surface area (TPSA) is 72.3 Å². The summed E-state index contributed by atoms with van der Waals surface area (Å²) in [5.74, 6) is 0. The summed E-state index contributed by atoms with van der Waals surface area (Å²) < 4.78 is 4.89. The number of anilines is 1.